The molecule has 3 aromatic rings. The van der Waals surface area contributed by atoms with E-state index in [1.807, 2.05) is 54.6 Å². The molecule has 1 aliphatic heterocycles. The number of aliphatic hydroxyl groups excluding tert-OH is 1. The average molecular weight is 506 g/mol. The molecule has 1 amide bonds. The first-order valence-electron chi connectivity index (χ1n) is 11.9. The van der Waals surface area contributed by atoms with E-state index < -0.39 is 12.4 Å². The number of rotatable bonds is 9. The molecule has 0 saturated carbocycles. The lowest BCUT2D eigenvalue weighted by atomic mass is 9.91. The van der Waals surface area contributed by atoms with Crippen molar-refractivity contribution in [3.63, 3.8) is 0 Å². The maximum atomic E-state index is 11.8. The monoisotopic (exact) mass is 505 g/mol. The van der Waals surface area contributed by atoms with Crippen LogP contribution in [0.2, 0.25) is 0 Å². The number of amides is 1. The first kappa shape index (κ1) is 26.0. The molecule has 0 aromatic heterocycles. The Morgan fingerprint density at radius 1 is 1.03 bits per heavy atom. The van der Waals surface area contributed by atoms with Crippen LogP contribution in [-0.4, -0.2) is 29.7 Å². The minimum absolute atomic E-state index is 0.00491. The zero-order valence-corrected chi connectivity index (χ0v) is 21.0. The van der Waals surface area contributed by atoms with Crippen LogP contribution in [-0.2, 0) is 20.8 Å². The largest absolute Gasteiger partial charge is 0.445 e. The molecular weight excluding hydrogens is 474 g/mol. The molecule has 4 rings (SSSR count). The summed E-state index contributed by atoms with van der Waals surface area (Å²) in [7, 11) is 0. The average Bonchev–Trinajstić information content (AvgIpc) is 2.92. The maximum absolute atomic E-state index is 11.8. The first-order chi connectivity index (χ1) is 17.6. The number of ether oxygens (including phenoxy) is 3. The summed E-state index contributed by atoms with van der Waals surface area (Å²) in [4.78, 5) is 13.0. The number of nitrogens with one attached hydrogen (secondary N) is 1. The van der Waals surface area contributed by atoms with E-state index in [9.17, 15) is 9.90 Å². The van der Waals surface area contributed by atoms with Crippen LogP contribution in [0.25, 0.3) is 0 Å². The van der Waals surface area contributed by atoms with Crippen molar-refractivity contribution in [3.8, 4) is 0 Å². The Bertz CT molecular complexity index is 1120. The van der Waals surface area contributed by atoms with Crippen molar-refractivity contribution in [2.24, 2.45) is 5.92 Å². The highest BCUT2D eigenvalue weighted by molar-refractivity contribution is 7.99. The molecule has 1 aliphatic rings. The van der Waals surface area contributed by atoms with E-state index in [0.29, 0.717) is 5.69 Å². The molecule has 0 bridgehead atoms. The van der Waals surface area contributed by atoms with Gasteiger partial charge in [0.1, 0.15) is 6.61 Å². The molecule has 6 nitrogen and oxygen atoms in total. The van der Waals surface area contributed by atoms with Gasteiger partial charge in [-0.05, 0) is 35.4 Å². The predicted molar refractivity (Wildman–Crippen MR) is 142 cm³/mol. The lowest BCUT2D eigenvalue weighted by molar-refractivity contribution is -0.268. The van der Waals surface area contributed by atoms with E-state index in [2.05, 4.69) is 31.0 Å². The molecule has 188 valence electrons. The van der Waals surface area contributed by atoms with Crippen LogP contribution in [0.5, 0.6) is 0 Å². The second-order valence-corrected chi connectivity index (χ2v) is 9.67. The summed E-state index contributed by atoms with van der Waals surface area (Å²) in [6.45, 7) is 5.84. The van der Waals surface area contributed by atoms with E-state index in [4.69, 9.17) is 14.2 Å². The number of benzene rings is 3. The number of hydrogen-bond donors (Lipinski definition) is 2. The van der Waals surface area contributed by atoms with Crippen molar-refractivity contribution in [3.05, 3.63) is 108 Å². The van der Waals surface area contributed by atoms with Gasteiger partial charge < -0.3 is 19.3 Å². The molecule has 0 spiro atoms. The minimum atomic E-state index is -0.563. The quantitative estimate of drug-likeness (QED) is 0.255. The number of carbonyl (C=O) groups excluding carboxylic acids is 1. The molecule has 0 aliphatic carbocycles. The summed E-state index contributed by atoms with van der Waals surface area (Å²) in [6.07, 6.45) is 0.187. The van der Waals surface area contributed by atoms with Gasteiger partial charge in [-0.3, -0.25) is 5.32 Å². The second-order valence-electron chi connectivity index (χ2n) is 8.58. The van der Waals surface area contributed by atoms with Crippen LogP contribution in [0.1, 0.15) is 36.0 Å². The molecule has 1 saturated heterocycles. The third-order valence-electron chi connectivity index (χ3n) is 6.04. The fourth-order valence-electron chi connectivity index (χ4n) is 4.02. The summed E-state index contributed by atoms with van der Waals surface area (Å²) in [5, 5.41) is 12.1. The predicted octanol–water partition coefficient (Wildman–Crippen LogP) is 6.50. The fraction of sp³-hybridized carbons (Fsp3) is 0.276. The van der Waals surface area contributed by atoms with Gasteiger partial charge in [0.2, 0.25) is 0 Å². The summed E-state index contributed by atoms with van der Waals surface area (Å²) in [5.74, 6) is 0.892. The molecule has 7 heteroatoms. The van der Waals surface area contributed by atoms with Crippen molar-refractivity contribution in [1.82, 2.24) is 0 Å². The molecular formula is C29H31NO5S. The van der Waals surface area contributed by atoms with Gasteiger partial charge in [0, 0.05) is 27.8 Å². The van der Waals surface area contributed by atoms with Crippen LogP contribution in [0, 0.1) is 5.92 Å². The Kier molecular flexibility index (Phi) is 9.19. The highest BCUT2D eigenvalue weighted by Crippen LogP contribution is 2.43. The second kappa shape index (κ2) is 12.7. The van der Waals surface area contributed by atoms with Crippen LogP contribution in [0.15, 0.2) is 96.4 Å². The normalized spacial score (nSPS) is 21.5. The van der Waals surface area contributed by atoms with Gasteiger partial charge in [0.15, 0.2) is 6.29 Å². The first-order valence-corrected chi connectivity index (χ1v) is 12.9. The van der Waals surface area contributed by atoms with Gasteiger partial charge in [-0.25, -0.2) is 4.79 Å². The molecule has 3 aromatic carbocycles. The zero-order valence-electron chi connectivity index (χ0n) is 20.2. The van der Waals surface area contributed by atoms with E-state index in [-0.39, 0.29) is 31.3 Å². The molecule has 4 atom stereocenters. The Morgan fingerprint density at radius 2 is 1.72 bits per heavy atom. The SMILES string of the molecule is C=CCOC(=O)Nc1ccc([C@@H]2O[C@H](CSc3ccccc3)[C@H](C)[C@H](c3ccc(CO)cc3)O2)cc1. The van der Waals surface area contributed by atoms with E-state index >= 15 is 0 Å². The molecule has 1 fully saturated rings. The van der Waals surface area contributed by atoms with Gasteiger partial charge in [-0.1, -0.05) is 74.2 Å². The Balaban J connectivity index is 1.52. The molecule has 0 unspecified atom stereocenters. The summed E-state index contributed by atoms with van der Waals surface area (Å²) >= 11 is 1.76. The fourth-order valence-corrected chi connectivity index (χ4v) is 5.11. The van der Waals surface area contributed by atoms with E-state index in [1.54, 1.807) is 23.9 Å². The van der Waals surface area contributed by atoms with E-state index in [1.165, 1.54) is 11.0 Å². The van der Waals surface area contributed by atoms with Crippen molar-refractivity contribution >= 4 is 23.5 Å². The van der Waals surface area contributed by atoms with Crippen LogP contribution >= 0.6 is 11.8 Å². The molecule has 36 heavy (non-hydrogen) atoms. The molecule has 1 heterocycles. The van der Waals surface area contributed by atoms with Gasteiger partial charge >= 0.3 is 6.09 Å². The zero-order chi connectivity index (χ0) is 25.3. The third kappa shape index (κ3) is 6.77. The maximum Gasteiger partial charge on any atom is 0.411 e. The summed E-state index contributed by atoms with van der Waals surface area (Å²) in [6, 6.07) is 25.5. The van der Waals surface area contributed by atoms with Gasteiger partial charge in [0.05, 0.1) is 18.8 Å². The summed E-state index contributed by atoms with van der Waals surface area (Å²) < 4.78 is 17.9. The van der Waals surface area contributed by atoms with Gasteiger partial charge in [-0.15, -0.1) is 11.8 Å². The minimum Gasteiger partial charge on any atom is -0.445 e. The van der Waals surface area contributed by atoms with Crippen LogP contribution < -0.4 is 5.32 Å². The number of anilines is 1. The highest BCUT2D eigenvalue weighted by Gasteiger charge is 2.38. The molecule has 2 N–H and O–H groups in total. The topological polar surface area (TPSA) is 77.0 Å². The Hall–Kier alpha value is -3.10. The lowest BCUT2D eigenvalue weighted by Gasteiger charge is -2.41. The standard InChI is InChI=1S/C29H31NO5S/c1-3-17-33-29(32)30-24-15-13-23(14-16-24)28-34-26(19-36-25-7-5-4-6-8-25)20(2)27(35-28)22-11-9-21(18-31)10-12-22/h3-16,20,26-28,31H,1,17-19H2,2H3,(H,30,32)/t20-,26+,27+,28+/m0/s1. The van der Waals surface area contributed by atoms with Crippen molar-refractivity contribution in [2.45, 2.75) is 36.9 Å². The lowest BCUT2D eigenvalue weighted by Crippen LogP contribution is -2.38. The van der Waals surface area contributed by atoms with Crippen molar-refractivity contribution < 1.29 is 24.1 Å². The van der Waals surface area contributed by atoms with Gasteiger partial charge in [0.25, 0.3) is 0 Å². The highest BCUT2D eigenvalue weighted by atomic mass is 32.2. The van der Waals surface area contributed by atoms with Crippen molar-refractivity contribution in [2.75, 3.05) is 17.7 Å². The Labute approximate surface area is 216 Å². The van der Waals surface area contributed by atoms with Gasteiger partial charge in [-0.2, -0.15) is 0 Å². The Morgan fingerprint density at radius 3 is 2.39 bits per heavy atom. The molecule has 0 radical (unpaired) electrons. The number of aliphatic hydroxyl groups is 1. The number of thioether (sulfide) groups is 1. The van der Waals surface area contributed by atoms with Crippen molar-refractivity contribution in [1.29, 1.82) is 0 Å². The number of carbonyl (C=O) groups is 1. The van der Waals surface area contributed by atoms with E-state index in [0.717, 1.165) is 22.4 Å². The van der Waals surface area contributed by atoms with Crippen LogP contribution in [0.4, 0.5) is 10.5 Å². The smallest absolute Gasteiger partial charge is 0.411 e. The third-order valence-corrected chi connectivity index (χ3v) is 7.14. The summed E-state index contributed by atoms with van der Waals surface area (Å²) in [5.41, 5.74) is 3.38. The number of hydrogen-bond acceptors (Lipinski definition) is 6. The van der Waals surface area contributed by atoms with Crippen LogP contribution in [0.3, 0.4) is 0 Å².